The molecule has 0 aliphatic carbocycles. The summed E-state index contributed by atoms with van der Waals surface area (Å²) in [5, 5.41) is 3.91. The third kappa shape index (κ3) is 6.93. The molecule has 0 bridgehead atoms. The number of pyridine rings is 1. The highest BCUT2D eigenvalue weighted by molar-refractivity contribution is 14.0. The molecule has 0 saturated carbocycles. The quantitative estimate of drug-likeness (QED) is 0.282. The topological polar surface area (TPSA) is 49.8 Å². The van der Waals surface area contributed by atoms with Crippen molar-refractivity contribution < 1.29 is 4.74 Å². The number of benzene rings is 1. The van der Waals surface area contributed by atoms with Crippen molar-refractivity contribution in [3.8, 4) is 0 Å². The van der Waals surface area contributed by atoms with Crippen molar-refractivity contribution >= 4 is 41.5 Å². The molecule has 27 heavy (non-hydrogen) atoms. The minimum absolute atomic E-state index is 0. The lowest BCUT2D eigenvalue weighted by Crippen LogP contribution is -2.39. The van der Waals surface area contributed by atoms with Crippen LogP contribution in [0, 0.1) is 5.92 Å². The van der Waals surface area contributed by atoms with E-state index in [2.05, 4.69) is 32.3 Å². The summed E-state index contributed by atoms with van der Waals surface area (Å²) in [5.41, 5.74) is 2.30. The van der Waals surface area contributed by atoms with Gasteiger partial charge in [-0.1, -0.05) is 48.0 Å². The first-order valence-electron chi connectivity index (χ1n) is 8.92. The SMILES string of the molecule is CN=C(NCc1ccc(Cl)nc1)N1CCC(COCc2ccccc2)C1.I. The molecule has 3 rings (SSSR count). The summed E-state index contributed by atoms with van der Waals surface area (Å²) >= 11 is 5.83. The summed E-state index contributed by atoms with van der Waals surface area (Å²) in [6.45, 7) is 4.10. The number of nitrogens with zero attached hydrogens (tertiary/aromatic N) is 3. The van der Waals surface area contributed by atoms with E-state index in [0.29, 0.717) is 24.2 Å². The molecule has 1 aliphatic heterocycles. The molecule has 1 N–H and O–H groups in total. The maximum atomic E-state index is 5.90. The predicted octanol–water partition coefficient (Wildman–Crippen LogP) is 3.97. The van der Waals surface area contributed by atoms with Crippen molar-refractivity contribution in [3.63, 3.8) is 0 Å². The lowest BCUT2D eigenvalue weighted by molar-refractivity contribution is 0.0906. The molecule has 1 aliphatic rings. The van der Waals surface area contributed by atoms with Crippen LogP contribution in [0.3, 0.4) is 0 Å². The zero-order chi connectivity index (χ0) is 18.2. The van der Waals surface area contributed by atoms with Gasteiger partial charge >= 0.3 is 0 Å². The maximum absolute atomic E-state index is 5.90. The summed E-state index contributed by atoms with van der Waals surface area (Å²) in [7, 11) is 1.82. The van der Waals surface area contributed by atoms with Crippen molar-refractivity contribution in [3.05, 3.63) is 64.9 Å². The molecule has 1 atom stereocenters. The number of guanidine groups is 1. The average molecular weight is 501 g/mol. The van der Waals surface area contributed by atoms with Gasteiger partial charge in [0.1, 0.15) is 5.15 Å². The van der Waals surface area contributed by atoms with Gasteiger partial charge in [-0.15, -0.1) is 24.0 Å². The highest BCUT2D eigenvalue weighted by atomic mass is 127. The number of likely N-dealkylation sites (tertiary alicyclic amines) is 1. The van der Waals surface area contributed by atoms with Gasteiger partial charge in [0, 0.05) is 38.8 Å². The van der Waals surface area contributed by atoms with Gasteiger partial charge in [0.2, 0.25) is 0 Å². The molecule has 1 aromatic heterocycles. The molecule has 1 fully saturated rings. The van der Waals surface area contributed by atoms with Crippen LogP contribution in [0.2, 0.25) is 5.15 Å². The largest absolute Gasteiger partial charge is 0.376 e. The smallest absolute Gasteiger partial charge is 0.193 e. The van der Waals surface area contributed by atoms with Crippen LogP contribution in [-0.4, -0.2) is 42.6 Å². The van der Waals surface area contributed by atoms with Gasteiger partial charge in [0.25, 0.3) is 0 Å². The third-order valence-electron chi connectivity index (χ3n) is 4.50. The normalized spacial score (nSPS) is 16.9. The fourth-order valence-electron chi connectivity index (χ4n) is 3.10. The molecule has 1 saturated heterocycles. The number of hydrogen-bond donors (Lipinski definition) is 1. The lowest BCUT2D eigenvalue weighted by atomic mass is 10.1. The maximum Gasteiger partial charge on any atom is 0.193 e. The zero-order valence-corrected chi connectivity index (χ0v) is 18.6. The average Bonchev–Trinajstić information content (AvgIpc) is 3.13. The summed E-state index contributed by atoms with van der Waals surface area (Å²) < 4.78 is 5.90. The van der Waals surface area contributed by atoms with Crippen LogP contribution in [0.1, 0.15) is 17.5 Å². The van der Waals surface area contributed by atoms with Gasteiger partial charge in [-0.05, 0) is 23.6 Å². The Bertz CT molecular complexity index is 712. The van der Waals surface area contributed by atoms with Crippen LogP contribution in [0.5, 0.6) is 0 Å². The monoisotopic (exact) mass is 500 g/mol. The van der Waals surface area contributed by atoms with Crippen molar-refractivity contribution in [2.45, 2.75) is 19.6 Å². The van der Waals surface area contributed by atoms with Gasteiger partial charge < -0.3 is 15.0 Å². The Morgan fingerprint density at radius 2 is 2.07 bits per heavy atom. The zero-order valence-electron chi connectivity index (χ0n) is 15.5. The Morgan fingerprint density at radius 3 is 2.78 bits per heavy atom. The Labute approximate surface area is 183 Å². The van der Waals surface area contributed by atoms with Crippen LogP contribution >= 0.6 is 35.6 Å². The summed E-state index contributed by atoms with van der Waals surface area (Å²) in [6, 6.07) is 14.1. The molecule has 1 unspecified atom stereocenters. The molecule has 7 heteroatoms. The van der Waals surface area contributed by atoms with Crippen LogP contribution in [-0.2, 0) is 17.9 Å². The second-order valence-electron chi connectivity index (χ2n) is 6.49. The summed E-state index contributed by atoms with van der Waals surface area (Å²) in [5.74, 6) is 1.46. The number of rotatable bonds is 6. The van der Waals surface area contributed by atoms with E-state index < -0.39 is 0 Å². The molecular weight excluding hydrogens is 475 g/mol. The summed E-state index contributed by atoms with van der Waals surface area (Å²) in [6.07, 6.45) is 2.91. The third-order valence-corrected chi connectivity index (χ3v) is 4.73. The first-order valence-corrected chi connectivity index (χ1v) is 9.30. The molecule has 0 amide bonds. The highest BCUT2D eigenvalue weighted by Gasteiger charge is 2.24. The second-order valence-corrected chi connectivity index (χ2v) is 6.88. The van der Waals surface area contributed by atoms with E-state index in [1.54, 1.807) is 12.3 Å². The van der Waals surface area contributed by atoms with Crippen LogP contribution < -0.4 is 5.32 Å². The van der Waals surface area contributed by atoms with E-state index in [1.165, 1.54) is 5.56 Å². The molecule has 146 valence electrons. The van der Waals surface area contributed by atoms with Crippen molar-refractivity contribution in [1.82, 2.24) is 15.2 Å². The van der Waals surface area contributed by atoms with E-state index in [9.17, 15) is 0 Å². The van der Waals surface area contributed by atoms with E-state index in [4.69, 9.17) is 16.3 Å². The molecule has 1 aromatic carbocycles. The van der Waals surface area contributed by atoms with Gasteiger partial charge in [0.15, 0.2) is 5.96 Å². The standard InChI is InChI=1S/C20H25ClN4O.HI/c1-22-20(24-12-17-7-8-19(21)23-11-17)25-10-9-18(13-25)15-26-14-16-5-3-2-4-6-16;/h2-8,11,18H,9-10,12-15H2,1H3,(H,22,24);1H. The molecule has 0 spiro atoms. The fourth-order valence-corrected chi connectivity index (χ4v) is 3.21. The molecule has 2 aromatic rings. The van der Waals surface area contributed by atoms with E-state index in [-0.39, 0.29) is 24.0 Å². The highest BCUT2D eigenvalue weighted by Crippen LogP contribution is 2.17. The van der Waals surface area contributed by atoms with Gasteiger partial charge in [-0.2, -0.15) is 0 Å². The molecule has 5 nitrogen and oxygen atoms in total. The van der Waals surface area contributed by atoms with E-state index in [1.807, 2.05) is 31.3 Å². The Balaban J connectivity index is 0.00000261. The number of ether oxygens (including phenoxy) is 1. The lowest BCUT2D eigenvalue weighted by Gasteiger charge is -2.21. The number of aliphatic imine (C=N–C) groups is 1. The van der Waals surface area contributed by atoms with E-state index in [0.717, 1.165) is 37.6 Å². The van der Waals surface area contributed by atoms with Crippen molar-refractivity contribution in [2.24, 2.45) is 10.9 Å². The van der Waals surface area contributed by atoms with Crippen molar-refractivity contribution in [1.29, 1.82) is 0 Å². The van der Waals surface area contributed by atoms with Crippen LogP contribution in [0.25, 0.3) is 0 Å². The fraction of sp³-hybridized carbons (Fsp3) is 0.400. The predicted molar refractivity (Wildman–Crippen MR) is 121 cm³/mol. The van der Waals surface area contributed by atoms with Gasteiger partial charge in [-0.3, -0.25) is 4.99 Å². The van der Waals surface area contributed by atoms with Crippen LogP contribution in [0.15, 0.2) is 53.7 Å². The Kier molecular flexibility index (Phi) is 9.30. The van der Waals surface area contributed by atoms with E-state index >= 15 is 0 Å². The minimum atomic E-state index is 0. The van der Waals surface area contributed by atoms with Gasteiger partial charge in [0.05, 0.1) is 13.2 Å². The van der Waals surface area contributed by atoms with Crippen LogP contribution in [0.4, 0.5) is 0 Å². The second kappa shape index (κ2) is 11.5. The molecule has 2 heterocycles. The first kappa shape index (κ1) is 21.9. The first-order chi connectivity index (χ1) is 12.7. The van der Waals surface area contributed by atoms with Crippen molar-refractivity contribution in [2.75, 3.05) is 26.7 Å². The minimum Gasteiger partial charge on any atom is -0.376 e. The number of hydrogen-bond acceptors (Lipinski definition) is 3. The van der Waals surface area contributed by atoms with Gasteiger partial charge in [-0.25, -0.2) is 4.98 Å². The number of aromatic nitrogens is 1. The molecule has 0 radical (unpaired) electrons. The Hall–Kier alpha value is -1.38. The summed E-state index contributed by atoms with van der Waals surface area (Å²) in [4.78, 5) is 10.8. The number of nitrogens with one attached hydrogen (secondary N) is 1. The Morgan fingerprint density at radius 1 is 1.26 bits per heavy atom. The molecular formula is C20H26ClIN4O. The number of halogens is 2.